The molecule has 0 radical (unpaired) electrons. The Morgan fingerprint density at radius 1 is 2.00 bits per heavy atom. The van der Waals surface area contributed by atoms with Crippen molar-refractivity contribution in [3.63, 3.8) is 0 Å². The minimum Gasteiger partial charge on any atom is -0.465 e. The van der Waals surface area contributed by atoms with E-state index in [4.69, 9.17) is 16.9 Å². The monoisotopic (exact) mass is 153 g/mol. The molecule has 11 heavy (non-hydrogen) atoms. The van der Waals surface area contributed by atoms with Gasteiger partial charge in [0.1, 0.15) is 5.54 Å². The van der Waals surface area contributed by atoms with Gasteiger partial charge in [0.15, 0.2) is 0 Å². The Labute approximate surface area is 65.9 Å². The van der Waals surface area contributed by atoms with Crippen LogP contribution in [0, 0.1) is 18.3 Å². The van der Waals surface area contributed by atoms with Gasteiger partial charge >= 0.3 is 5.97 Å². The topological polar surface area (TPSA) is 52.3 Å². The second-order valence-electron chi connectivity index (χ2n) is 2.68. The fourth-order valence-electron chi connectivity index (χ4n) is 0.978. The first-order valence-corrected chi connectivity index (χ1v) is 3.57. The van der Waals surface area contributed by atoms with Crippen molar-refractivity contribution in [2.45, 2.75) is 18.9 Å². The fraction of sp³-hybridized carbons (Fsp3) is 0.625. The van der Waals surface area contributed by atoms with Gasteiger partial charge in [-0.25, -0.2) is 0 Å². The Bertz CT molecular complexity index is 219. The van der Waals surface area contributed by atoms with Gasteiger partial charge in [-0.2, -0.15) is 0 Å². The summed E-state index contributed by atoms with van der Waals surface area (Å²) in [6.07, 6.45) is 5.66. The van der Waals surface area contributed by atoms with Crippen LogP contribution in [0.5, 0.6) is 0 Å². The lowest BCUT2D eigenvalue weighted by atomic mass is 10.2. The molecule has 0 bridgehead atoms. The van der Waals surface area contributed by atoms with Gasteiger partial charge in [0.05, 0.1) is 12.5 Å². The summed E-state index contributed by atoms with van der Waals surface area (Å²) < 4.78 is 4.74. The van der Waals surface area contributed by atoms with Crippen molar-refractivity contribution < 1.29 is 9.53 Å². The number of esters is 1. The summed E-state index contributed by atoms with van der Waals surface area (Å²) in [5, 5.41) is 0. The first kappa shape index (κ1) is 8.09. The number of nitrogens with two attached hydrogens (primary N) is 1. The molecule has 0 aliphatic heterocycles. The number of hydrogen-bond acceptors (Lipinski definition) is 3. The largest absolute Gasteiger partial charge is 0.465 e. The van der Waals surface area contributed by atoms with Crippen LogP contribution >= 0.6 is 0 Å². The van der Waals surface area contributed by atoms with Crippen LogP contribution in [-0.2, 0) is 9.53 Å². The minimum atomic E-state index is -0.870. The maximum Gasteiger partial charge on any atom is 0.327 e. The van der Waals surface area contributed by atoms with E-state index in [0.717, 1.165) is 0 Å². The van der Waals surface area contributed by atoms with Gasteiger partial charge < -0.3 is 10.5 Å². The molecule has 0 amide bonds. The molecule has 0 aromatic carbocycles. The van der Waals surface area contributed by atoms with Crippen molar-refractivity contribution in [1.29, 1.82) is 0 Å². The standard InChI is InChI=1S/C8H11NO2/c1-3-6-5-8(6,9)7(10)11-4-2/h1,6H,4-5,9H2,2H3/t6-,8-/m1/s1. The van der Waals surface area contributed by atoms with E-state index in [2.05, 4.69) is 5.92 Å². The number of ether oxygens (including phenoxy) is 1. The molecule has 2 atom stereocenters. The van der Waals surface area contributed by atoms with Crippen LogP contribution in [0.4, 0.5) is 0 Å². The molecule has 2 N–H and O–H groups in total. The van der Waals surface area contributed by atoms with E-state index >= 15 is 0 Å². The van der Waals surface area contributed by atoms with Crippen molar-refractivity contribution in [3.8, 4) is 12.3 Å². The Morgan fingerprint density at radius 2 is 2.64 bits per heavy atom. The third kappa shape index (κ3) is 1.22. The van der Waals surface area contributed by atoms with Crippen molar-refractivity contribution in [2.75, 3.05) is 6.61 Å². The zero-order chi connectivity index (χ0) is 8.48. The summed E-state index contributed by atoms with van der Waals surface area (Å²) in [5.74, 6) is 1.95. The molecule has 0 aromatic rings. The first-order chi connectivity index (χ1) is 5.15. The van der Waals surface area contributed by atoms with Gasteiger partial charge in [0, 0.05) is 0 Å². The number of terminal acetylenes is 1. The maximum absolute atomic E-state index is 11.1. The van der Waals surface area contributed by atoms with Gasteiger partial charge in [0.25, 0.3) is 0 Å². The molecular weight excluding hydrogens is 142 g/mol. The van der Waals surface area contributed by atoms with E-state index in [1.165, 1.54) is 0 Å². The van der Waals surface area contributed by atoms with Crippen LogP contribution in [-0.4, -0.2) is 18.1 Å². The van der Waals surface area contributed by atoms with Crippen molar-refractivity contribution in [1.82, 2.24) is 0 Å². The Balaban J connectivity index is 2.51. The lowest BCUT2D eigenvalue weighted by molar-refractivity contribution is -0.146. The molecule has 60 valence electrons. The zero-order valence-corrected chi connectivity index (χ0v) is 6.46. The molecule has 1 fully saturated rings. The second kappa shape index (κ2) is 2.55. The van der Waals surface area contributed by atoms with Crippen molar-refractivity contribution in [2.24, 2.45) is 11.7 Å². The second-order valence-corrected chi connectivity index (χ2v) is 2.68. The molecule has 1 rings (SSSR count). The lowest BCUT2D eigenvalue weighted by Gasteiger charge is -2.07. The van der Waals surface area contributed by atoms with Gasteiger partial charge in [-0.15, -0.1) is 12.3 Å². The van der Waals surface area contributed by atoms with E-state index in [0.29, 0.717) is 13.0 Å². The summed E-state index contributed by atoms with van der Waals surface area (Å²) in [6.45, 7) is 2.10. The highest BCUT2D eigenvalue weighted by atomic mass is 16.5. The first-order valence-electron chi connectivity index (χ1n) is 3.57. The predicted octanol–water partition coefficient (Wildman–Crippen LogP) is -0.0999. The summed E-state index contributed by atoms with van der Waals surface area (Å²) >= 11 is 0. The van der Waals surface area contributed by atoms with Crippen LogP contribution < -0.4 is 5.73 Å². The molecule has 3 heteroatoms. The van der Waals surface area contributed by atoms with Gasteiger partial charge in [-0.05, 0) is 13.3 Å². The lowest BCUT2D eigenvalue weighted by Crippen LogP contribution is -2.36. The minimum absolute atomic E-state index is 0.124. The average Bonchev–Trinajstić information content (AvgIpc) is 2.64. The fourth-order valence-corrected chi connectivity index (χ4v) is 0.978. The SMILES string of the molecule is C#C[C@@H]1C[C@]1(N)C(=O)OCC. The van der Waals surface area contributed by atoms with Gasteiger partial charge in [0.2, 0.25) is 0 Å². The van der Waals surface area contributed by atoms with Crippen LogP contribution in [0.2, 0.25) is 0 Å². The molecule has 3 nitrogen and oxygen atoms in total. The third-order valence-electron chi connectivity index (χ3n) is 1.86. The molecule has 1 aliphatic rings. The molecule has 1 aliphatic carbocycles. The van der Waals surface area contributed by atoms with Crippen molar-refractivity contribution in [3.05, 3.63) is 0 Å². The number of hydrogen-bond donors (Lipinski definition) is 1. The molecule has 0 spiro atoms. The third-order valence-corrected chi connectivity index (χ3v) is 1.86. The molecule has 0 unspecified atom stereocenters. The average molecular weight is 153 g/mol. The highest BCUT2D eigenvalue weighted by Gasteiger charge is 2.57. The molecule has 1 saturated carbocycles. The van der Waals surface area contributed by atoms with E-state index in [1.807, 2.05) is 0 Å². The van der Waals surface area contributed by atoms with Crippen LogP contribution in [0.3, 0.4) is 0 Å². The number of carbonyl (C=O) groups excluding carboxylic acids is 1. The van der Waals surface area contributed by atoms with Crippen LogP contribution in [0.25, 0.3) is 0 Å². The van der Waals surface area contributed by atoms with Crippen molar-refractivity contribution >= 4 is 5.97 Å². The van der Waals surface area contributed by atoms with E-state index in [9.17, 15) is 4.79 Å². The van der Waals surface area contributed by atoms with Crippen LogP contribution in [0.1, 0.15) is 13.3 Å². The Kier molecular flexibility index (Phi) is 1.88. The zero-order valence-electron chi connectivity index (χ0n) is 6.46. The molecule has 0 heterocycles. The van der Waals surface area contributed by atoms with E-state index in [-0.39, 0.29) is 11.9 Å². The summed E-state index contributed by atoms with van der Waals surface area (Å²) in [4.78, 5) is 11.1. The Hall–Kier alpha value is -1.01. The number of carbonyl (C=O) groups is 1. The van der Waals surface area contributed by atoms with Gasteiger partial charge in [-0.1, -0.05) is 0 Å². The Morgan fingerprint density at radius 3 is 3.00 bits per heavy atom. The smallest absolute Gasteiger partial charge is 0.327 e. The quantitative estimate of drug-likeness (QED) is 0.445. The molecule has 0 aromatic heterocycles. The number of rotatable bonds is 2. The predicted molar refractivity (Wildman–Crippen MR) is 40.5 cm³/mol. The highest BCUT2D eigenvalue weighted by molar-refractivity contribution is 5.85. The normalized spacial score (nSPS) is 34.1. The maximum atomic E-state index is 11.1. The van der Waals surface area contributed by atoms with E-state index < -0.39 is 5.54 Å². The summed E-state index contributed by atoms with van der Waals surface area (Å²) in [6, 6.07) is 0. The van der Waals surface area contributed by atoms with Gasteiger partial charge in [-0.3, -0.25) is 4.79 Å². The molecule has 0 saturated heterocycles. The summed E-state index contributed by atoms with van der Waals surface area (Å²) in [5.41, 5.74) is 4.74. The summed E-state index contributed by atoms with van der Waals surface area (Å²) in [7, 11) is 0. The van der Waals surface area contributed by atoms with E-state index in [1.54, 1.807) is 6.92 Å². The highest BCUT2D eigenvalue weighted by Crippen LogP contribution is 2.41. The molecular formula is C8H11NO2. The van der Waals surface area contributed by atoms with Crippen LogP contribution in [0.15, 0.2) is 0 Å².